The SMILES string of the molecule is COc1ccccc1Cn1cccc1C1=NC(CCSC)CO1. The van der Waals surface area contributed by atoms with Gasteiger partial charge in [-0.1, -0.05) is 18.2 Å². The number of hydrogen-bond donors (Lipinski definition) is 0. The fraction of sp³-hybridized carbons (Fsp3) is 0.389. The topological polar surface area (TPSA) is 35.8 Å². The lowest BCUT2D eigenvalue weighted by Gasteiger charge is -2.12. The van der Waals surface area contributed by atoms with Crippen LogP contribution in [0.1, 0.15) is 17.7 Å². The van der Waals surface area contributed by atoms with Gasteiger partial charge in [0.05, 0.1) is 19.7 Å². The molecule has 1 atom stereocenters. The third kappa shape index (κ3) is 3.72. The summed E-state index contributed by atoms with van der Waals surface area (Å²) in [7, 11) is 1.70. The van der Waals surface area contributed by atoms with Crippen molar-refractivity contribution in [3.8, 4) is 5.75 Å². The van der Waals surface area contributed by atoms with E-state index < -0.39 is 0 Å². The zero-order valence-corrected chi connectivity index (χ0v) is 14.4. The van der Waals surface area contributed by atoms with Crippen molar-refractivity contribution in [2.45, 2.75) is 19.0 Å². The molecule has 0 amide bonds. The molecule has 1 aromatic carbocycles. The lowest BCUT2D eigenvalue weighted by Crippen LogP contribution is -2.11. The Hall–Kier alpha value is -1.88. The first-order valence-corrected chi connectivity index (χ1v) is 9.18. The maximum absolute atomic E-state index is 5.83. The van der Waals surface area contributed by atoms with E-state index in [0.29, 0.717) is 6.61 Å². The van der Waals surface area contributed by atoms with Crippen molar-refractivity contribution in [1.82, 2.24) is 4.57 Å². The number of para-hydroxylation sites is 1. The predicted molar refractivity (Wildman–Crippen MR) is 95.8 cm³/mol. The van der Waals surface area contributed by atoms with E-state index in [4.69, 9.17) is 14.5 Å². The van der Waals surface area contributed by atoms with Crippen LogP contribution in [0.15, 0.2) is 47.6 Å². The van der Waals surface area contributed by atoms with Crippen molar-refractivity contribution >= 4 is 17.7 Å². The molecule has 0 N–H and O–H groups in total. The summed E-state index contributed by atoms with van der Waals surface area (Å²) >= 11 is 1.85. The summed E-state index contributed by atoms with van der Waals surface area (Å²) in [5.74, 6) is 2.78. The average molecular weight is 330 g/mol. The van der Waals surface area contributed by atoms with E-state index in [9.17, 15) is 0 Å². The Kier molecular flexibility index (Phi) is 5.28. The van der Waals surface area contributed by atoms with E-state index in [2.05, 4.69) is 29.2 Å². The molecule has 1 aromatic heterocycles. The van der Waals surface area contributed by atoms with Crippen LogP contribution in [0, 0.1) is 0 Å². The van der Waals surface area contributed by atoms with Gasteiger partial charge in [-0.15, -0.1) is 0 Å². The van der Waals surface area contributed by atoms with Crippen molar-refractivity contribution < 1.29 is 9.47 Å². The highest BCUT2D eigenvalue weighted by molar-refractivity contribution is 7.98. The van der Waals surface area contributed by atoms with Crippen molar-refractivity contribution in [2.24, 2.45) is 4.99 Å². The Morgan fingerprint density at radius 1 is 1.30 bits per heavy atom. The molecule has 0 bridgehead atoms. The molecule has 122 valence electrons. The van der Waals surface area contributed by atoms with E-state index in [-0.39, 0.29) is 6.04 Å². The molecule has 0 aliphatic carbocycles. The molecule has 0 saturated carbocycles. The summed E-state index contributed by atoms with van der Waals surface area (Å²) in [6.45, 7) is 1.43. The Morgan fingerprint density at radius 3 is 3.00 bits per heavy atom. The Morgan fingerprint density at radius 2 is 2.17 bits per heavy atom. The molecule has 23 heavy (non-hydrogen) atoms. The van der Waals surface area contributed by atoms with Gasteiger partial charge in [0, 0.05) is 11.8 Å². The van der Waals surface area contributed by atoms with E-state index in [1.807, 2.05) is 36.0 Å². The van der Waals surface area contributed by atoms with Crippen LogP contribution in [-0.2, 0) is 11.3 Å². The first-order chi connectivity index (χ1) is 11.3. The Bertz CT molecular complexity index is 681. The average Bonchev–Trinajstić information content (AvgIpc) is 3.22. The van der Waals surface area contributed by atoms with Crippen molar-refractivity contribution in [3.05, 3.63) is 53.9 Å². The zero-order chi connectivity index (χ0) is 16.1. The van der Waals surface area contributed by atoms with E-state index in [1.165, 1.54) is 0 Å². The Labute approximate surface area is 141 Å². The van der Waals surface area contributed by atoms with E-state index in [1.54, 1.807) is 7.11 Å². The second kappa shape index (κ2) is 7.59. The summed E-state index contributed by atoms with van der Waals surface area (Å²) in [6.07, 6.45) is 5.25. The van der Waals surface area contributed by atoms with E-state index in [0.717, 1.165) is 41.6 Å². The van der Waals surface area contributed by atoms with Crippen LogP contribution in [0.4, 0.5) is 0 Å². The van der Waals surface area contributed by atoms with Crippen LogP contribution in [0.25, 0.3) is 0 Å². The summed E-state index contributed by atoms with van der Waals surface area (Å²) in [6, 6.07) is 12.5. The molecule has 4 nitrogen and oxygen atoms in total. The fourth-order valence-electron chi connectivity index (χ4n) is 2.72. The maximum atomic E-state index is 5.83. The van der Waals surface area contributed by atoms with Crippen LogP contribution < -0.4 is 4.74 Å². The van der Waals surface area contributed by atoms with Gasteiger partial charge < -0.3 is 14.0 Å². The number of ether oxygens (including phenoxy) is 2. The van der Waals surface area contributed by atoms with Gasteiger partial charge in [0.2, 0.25) is 5.90 Å². The summed E-state index contributed by atoms with van der Waals surface area (Å²) < 4.78 is 13.4. The highest BCUT2D eigenvalue weighted by atomic mass is 32.2. The molecule has 3 rings (SSSR count). The molecule has 0 saturated heterocycles. The molecular weight excluding hydrogens is 308 g/mol. The number of nitrogens with zero attached hydrogens (tertiary/aromatic N) is 2. The normalized spacial score (nSPS) is 17.0. The van der Waals surface area contributed by atoms with Crippen LogP contribution >= 0.6 is 11.8 Å². The second-order valence-electron chi connectivity index (χ2n) is 5.51. The third-order valence-electron chi connectivity index (χ3n) is 3.95. The molecule has 1 aliphatic rings. The largest absolute Gasteiger partial charge is 0.496 e. The molecule has 0 fully saturated rings. The van der Waals surface area contributed by atoms with Gasteiger partial charge in [0.1, 0.15) is 18.1 Å². The lowest BCUT2D eigenvalue weighted by molar-refractivity contribution is 0.314. The zero-order valence-electron chi connectivity index (χ0n) is 13.6. The number of benzene rings is 1. The van der Waals surface area contributed by atoms with E-state index >= 15 is 0 Å². The molecule has 5 heteroatoms. The second-order valence-corrected chi connectivity index (χ2v) is 6.50. The third-order valence-corrected chi connectivity index (χ3v) is 4.59. The number of hydrogen-bond acceptors (Lipinski definition) is 4. The fourth-order valence-corrected chi connectivity index (χ4v) is 3.23. The minimum atomic E-state index is 0.284. The van der Waals surface area contributed by atoms with Gasteiger partial charge in [0.15, 0.2) is 0 Å². The highest BCUT2D eigenvalue weighted by Gasteiger charge is 2.22. The van der Waals surface area contributed by atoms with Crippen molar-refractivity contribution in [2.75, 3.05) is 25.7 Å². The van der Waals surface area contributed by atoms with Gasteiger partial charge in [-0.25, -0.2) is 4.99 Å². The first-order valence-electron chi connectivity index (χ1n) is 7.78. The standard InChI is InChI=1S/C18H22N2O2S/c1-21-17-8-4-3-6-14(17)12-20-10-5-7-16(20)18-19-15(13-22-18)9-11-23-2/h3-8,10,15H,9,11-13H2,1-2H3. The molecule has 1 aliphatic heterocycles. The molecule has 2 heterocycles. The molecule has 0 spiro atoms. The molecule has 1 unspecified atom stereocenters. The maximum Gasteiger partial charge on any atom is 0.233 e. The van der Waals surface area contributed by atoms with Gasteiger partial charge in [-0.05, 0) is 36.6 Å². The Balaban J connectivity index is 1.78. The van der Waals surface area contributed by atoms with Gasteiger partial charge in [-0.3, -0.25) is 0 Å². The molecule has 0 radical (unpaired) electrons. The quantitative estimate of drug-likeness (QED) is 0.780. The first kappa shape index (κ1) is 16.0. The number of aromatic nitrogens is 1. The van der Waals surface area contributed by atoms with Crippen LogP contribution in [0.2, 0.25) is 0 Å². The summed E-state index contributed by atoms with van der Waals surface area (Å²) in [5, 5.41) is 0. The predicted octanol–water partition coefficient (Wildman–Crippen LogP) is 3.44. The van der Waals surface area contributed by atoms with Crippen LogP contribution in [0.5, 0.6) is 5.75 Å². The monoisotopic (exact) mass is 330 g/mol. The molecular formula is C18H22N2O2S. The van der Waals surface area contributed by atoms with Gasteiger partial charge >= 0.3 is 0 Å². The number of rotatable bonds is 7. The summed E-state index contributed by atoms with van der Waals surface area (Å²) in [5.41, 5.74) is 2.17. The minimum Gasteiger partial charge on any atom is -0.496 e. The number of aliphatic imine (C=N–C) groups is 1. The van der Waals surface area contributed by atoms with Crippen LogP contribution in [0.3, 0.4) is 0 Å². The van der Waals surface area contributed by atoms with Gasteiger partial charge in [0.25, 0.3) is 0 Å². The molecule has 2 aromatic rings. The van der Waals surface area contributed by atoms with Gasteiger partial charge in [-0.2, -0.15) is 11.8 Å². The smallest absolute Gasteiger partial charge is 0.233 e. The number of methoxy groups -OCH3 is 1. The lowest BCUT2D eigenvalue weighted by atomic mass is 10.2. The number of thioether (sulfide) groups is 1. The van der Waals surface area contributed by atoms with Crippen molar-refractivity contribution in [1.29, 1.82) is 0 Å². The van der Waals surface area contributed by atoms with Crippen molar-refractivity contribution in [3.63, 3.8) is 0 Å². The summed E-state index contributed by atoms with van der Waals surface area (Å²) in [4.78, 5) is 4.74. The minimum absolute atomic E-state index is 0.284. The highest BCUT2D eigenvalue weighted by Crippen LogP contribution is 2.21. The van der Waals surface area contributed by atoms with Crippen LogP contribution in [-0.4, -0.2) is 42.2 Å².